The highest BCUT2D eigenvalue weighted by Crippen LogP contribution is 2.42. The summed E-state index contributed by atoms with van der Waals surface area (Å²) in [6.45, 7) is 7.72. The SMILES string of the molecule is CCOC(=O)C1=C(C)NC(C)C(C(=O)OCC)(c2ccccc2)C1Nc1nccs1.Clc1ccccc1. The molecule has 0 radical (unpaired) electrons. The number of nitrogens with one attached hydrogen (secondary N) is 2. The van der Waals surface area contributed by atoms with Crippen molar-refractivity contribution in [2.24, 2.45) is 0 Å². The van der Waals surface area contributed by atoms with E-state index in [-0.39, 0.29) is 19.3 Å². The average molecular weight is 542 g/mol. The summed E-state index contributed by atoms with van der Waals surface area (Å²) >= 11 is 6.94. The van der Waals surface area contributed by atoms with E-state index in [4.69, 9.17) is 21.1 Å². The first-order valence-corrected chi connectivity index (χ1v) is 13.4. The lowest BCUT2D eigenvalue weighted by Crippen LogP contribution is -2.66. The standard InChI is InChI=1S/C22H27N3O4S.C6H5Cl/c1-5-28-19(26)17-14(3)24-15(4)22(20(27)29-6-2,16-10-8-7-9-11-16)18(17)25-21-23-12-13-30-21;7-6-4-2-1-3-5-6/h7-13,15,18,24H,5-6H2,1-4H3,(H,23,25);1-5H. The van der Waals surface area contributed by atoms with Crippen LogP contribution in [0.15, 0.2) is 83.5 Å². The molecule has 0 aliphatic carbocycles. The molecule has 0 spiro atoms. The highest BCUT2D eigenvalue weighted by Gasteiger charge is 2.58. The Balaban J connectivity index is 0.000000468. The van der Waals surface area contributed by atoms with Crippen molar-refractivity contribution >= 4 is 40.0 Å². The fraction of sp³-hybridized carbons (Fsp3) is 0.321. The lowest BCUT2D eigenvalue weighted by molar-refractivity contribution is -0.152. The van der Waals surface area contributed by atoms with Crippen LogP contribution in [-0.2, 0) is 24.5 Å². The minimum atomic E-state index is -1.22. The predicted octanol–water partition coefficient (Wildman–Crippen LogP) is 5.59. The van der Waals surface area contributed by atoms with Crippen molar-refractivity contribution in [3.8, 4) is 0 Å². The normalized spacial score (nSPS) is 20.7. The van der Waals surface area contributed by atoms with Crippen molar-refractivity contribution in [1.29, 1.82) is 0 Å². The summed E-state index contributed by atoms with van der Waals surface area (Å²) in [5.41, 5.74) is 0.546. The van der Waals surface area contributed by atoms with Gasteiger partial charge in [-0.3, -0.25) is 4.79 Å². The van der Waals surface area contributed by atoms with Crippen molar-refractivity contribution < 1.29 is 19.1 Å². The molecule has 2 N–H and O–H groups in total. The number of rotatable bonds is 7. The molecule has 3 atom stereocenters. The number of halogens is 1. The lowest BCUT2D eigenvalue weighted by Gasteiger charge is -2.48. The summed E-state index contributed by atoms with van der Waals surface area (Å²) in [5, 5.41) is 9.91. The molecule has 7 nitrogen and oxygen atoms in total. The van der Waals surface area contributed by atoms with Crippen LogP contribution in [-0.4, -0.2) is 42.2 Å². The number of ether oxygens (including phenoxy) is 2. The van der Waals surface area contributed by atoms with Crippen molar-refractivity contribution in [2.75, 3.05) is 18.5 Å². The van der Waals surface area contributed by atoms with E-state index in [1.165, 1.54) is 11.3 Å². The van der Waals surface area contributed by atoms with Gasteiger partial charge in [-0.2, -0.15) is 0 Å². The smallest absolute Gasteiger partial charge is 0.337 e. The quantitative estimate of drug-likeness (QED) is 0.377. The van der Waals surface area contributed by atoms with Gasteiger partial charge >= 0.3 is 11.9 Å². The molecule has 3 aromatic rings. The van der Waals surface area contributed by atoms with Crippen LogP contribution < -0.4 is 10.6 Å². The summed E-state index contributed by atoms with van der Waals surface area (Å²) in [7, 11) is 0. The molecule has 1 aliphatic heterocycles. The number of aromatic nitrogens is 1. The van der Waals surface area contributed by atoms with Gasteiger partial charge in [-0.05, 0) is 45.4 Å². The zero-order chi connectivity index (χ0) is 26.8. The minimum absolute atomic E-state index is 0.224. The van der Waals surface area contributed by atoms with Crippen LogP contribution in [0.5, 0.6) is 0 Å². The number of benzene rings is 2. The number of hydrogen-bond acceptors (Lipinski definition) is 8. The highest BCUT2D eigenvalue weighted by atomic mass is 35.5. The van der Waals surface area contributed by atoms with E-state index in [1.54, 1.807) is 20.0 Å². The molecule has 1 aliphatic rings. The third-order valence-corrected chi connectivity index (χ3v) is 7.01. The number of nitrogens with zero attached hydrogens (tertiary/aromatic N) is 1. The molecule has 2 heterocycles. The molecule has 37 heavy (non-hydrogen) atoms. The average Bonchev–Trinajstić information content (AvgIpc) is 3.39. The maximum absolute atomic E-state index is 13.6. The number of carbonyl (C=O) groups excluding carboxylic acids is 2. The summed E-state index contributed by atoms with van der Waals surface area (Å²) in [6, 6.07) is 17.7. The van der Waals surface area contributed by atoms with Gasteiger partial charge in [-0.1, -0.05) is 60.1 Å². The lowest BCUT2D eigenvalue weighted by atomic mass is 9.64. The summed E-state index contributed by atoms with van der Waals surface area (Å²) in [5.74, 6) is -0.896. The van der Waals surface area contributed by atoms with Crippen LogP contribution in [0, 0.1) is 0 Å². The second-order valence-electron chi connectivity index (χ2n) is 8.29. The maximum atomic E-state index is 13.6. The molecule has 0 bridgehead atoms. The number of anilines is 1. The van der Waals surface area contributed by atoms with Gasteiger partial charge in [0.1, 0.15) is 5.41 Å². The molecule has 1 aromatic heterocycles. The first-order chi connectivity index (χ1) is 17.9. The van der Waals surface area contributed by atoms with Gasteiger partial charge in [0, 0.05) is 28.3 Å². The van der Waals surface area contributed by atoms with E-state index in [0.717, 1.165) is 10.6 Å². The Kier molecular flexibility index (Phi) is 10.1. The zero-order valence-electron chi connectivity index (χ0n) is 21.4. The number of esters is 2. The largest absolute Gasteiger partial charge is 0.465 e. The first kappa shape index (κ1) is 28.2. The Labute approximate surface area is 226 Å². The number of hydrogen-bond donors (Lipinski definition) is 2. The number of carbonyl (C=O) groups is 2. The molecule has 2 aromatic carbocycles. The van der Waals surface area contributed by atoms with E-state index in [9.17, 15) is 9.59 Å². The van der Waals surface area contributed by atoms with E-state index in [2.05, 4.69) is 15.6 Å². The van der Waals surface area contributed by atoms with Crippen LogP contribution in [0.3, 0.4) is 0 Å². The summed E-state index contributed by atoms with van der Waals surface area (Å²) in [6.07, 6.45) is 1.67. The van der Waals surface area contributed by atoms with E-state index >= 15 is 0 Å². The molecule has 0 saturated carbocycles. The van der Waals surface area contributed by atoms with Crippen LogP contribution in [0.25, 0.3) is 0 Å². The van der Waals surface area contributed by atoms with Crippen LogP contribution >= 0.6 is 22.9 Å². The fourth-order valence-electron chi connectivity index (χ4n) is 4.50. The van der Waals surface area contributed by atoms with Crippen molar-refractivity contribution in [3.05, 3.63) is 94.1 Å². The molecular weight excluding hydrogens is 510 g/mol. The Hall–Kier alpha value is -3.36. The van der Waals surface area contributed by atoms with Crippen LogP contribution in [0.1, 0.15) is 33.3 Å². The molecular formula is C28H32ClN3O4S. The first-order valence-electron chi connectivity index (χ1n) is 12.1. The van der Waals surface area contributed by atoms with E-state index in [1.807, 2.05) is 79.9 Å². The number of thiazole rings is 1. The van der Waals surface area contributed by atoms with Crippen molar-refractivity contribution in [1.82, 2.24) is 10.3 Å². The topological polar surface area (TPSA) is 89.5 Å². The van der Waals surface area contributed by atoms with Gasteiger partial charge in [0.25, 0.3) is 0 Å². The Bertz CT molecular complexity index is 1190. The summed E-state index contributed by atoms with van der Waals surface area (Å²) < 4.78 is 10.9. The van der Waals surface area contributed by atoms with Gasteiger partial charge in [0.05, 0.1) is 24.8 Å². The van der Waals surface area contributed by atoms with Gasteiger partial charge in [0.2, 0.25) is 0 Å². The van der Waals surface area contributed by atoms with Gasteiger partial charge in [-0.25, -0.2) is 9.78 Å². The second kappa shape index (κ2) is 13.3. The van der Waals surface area contributed by atoms with Gasteiger partial charge < -0.3 is 20.1 Å². The van der Waals surface area contributed by atoms with Gasteiger partial charge in [0.15, 0.2) is 5.13 Å². The second-order valence-corrected chi connectivity index (χ2v) is 9.62. The molecule has 196 valence electrons. The Morgan fingerprint density at radius 3 is 2.19 bits per heavy atom. The monoisotopic (exact) mass is 541 g/mol. The summed E-state index contributed by atoms with van der Waals surface area (Å²) in [4.78, 5) is 31.0. The third kappa shape index (κ3) is 6.32. The predicted molar refractivity (Wildman–Crippen MR) is 148 cm³/mol. The number of allylic oxidation sites excluding steroid dienone is 1. The Morgan fingerprint density at radius 1 is 1.05 bits per heavy atom. The fourth-order valence-corrected chi connectivity index (χ4v) is 5.21. The molecule has 4 rings (SSSR count). The van der Waals surface area contributed by atoms with Crippen molar-refractivity contribution in [2.45, 2.75) is 45.2 Å². The van der Waals surface area contributed by atoms with Crippen LogP contribution in [0.4, 0.5) is 5.13 Å². The van der Waals surface area contributed by atoms with Crippen LogP contribution in [0.2, 0.25) is 5.02 Å². The molecule has 9 heteroatoms. The zero-order valence-corrected chi connectivity index (χ0v) is 22.9. The third-order valence-electron chi connectivity index (χ3n) is 6.06. The van der Waals surface area contributed by atoms with Gasteiger partial charge in [-0.15, -0.1) is 11.3 Å². The minimum Gasteiger partial charge on any atom is -0.465 e. The molecule has 0 fully saturated rings. The molecule has 0 amide bonds. The van der Waals surface area contributed by atoms with E-state index < -0.39 is 23.4 Å². The van der Waals surface area contributed by atoms with Crippen molar-refractivity contribution in [3.63, 3.8) is 0 Å². The Morgan fingerprint density at radius 2 is 1.68 bits per heavy atom. The highest BCUT2D eigenvalue weighted by molar-refractivity contribution is 7.13. The molecule has 0 saturated heterocycles. The van der Waals surface area contributed by atoms with E-state index in [0.29, 0.717) is 16.4 Å². The molecule has 3 unspecified atom stereocenters. The maximum Gasteiger partial charge on any atom is 0.337 e.